The summed E-state index contributed by atoms with van der Waals surface area (Å²) in [6.07, 6.45) is -0.186. The smallest absolute Gasteiger partial charge is 0.191 e. The molecule has 170 valence electrons. The quantitative estimate of drug-likeness (QED) is 0.337. The molecule has 1 aliphatic rings. The summed E-state index contributed by atoms with van der Waals surface area (Å²) in [7, 11) is 0. The van der Waals surface area contributed by atoms with E-state index in [9.17, 15) is 0 Å². The number of rotatable bonds is 4. The monoisotopic (exact) mass is 457 g/mol. The summed E-state index contributed by atoms with van der Waals surface area (Å²) in [6, 6.07) is 27.0. The first-order chi connectivity index (χ1) is 15.9. The van der Waals surface area contributed by atoms with Crippen LogP contribution in [0.2, 0.25) is 0 Å². The van der Waals surface area contributed by atoms with Crippen LogP contribution in [0.5, 0.6) is 0 Å². The van der Waals surface area contributed by atoms with Crippen molar-refractivity contribution in [1.82, 2.24) is 5.43 Å². The predicted octanol–water partition coefficient (Wildman–Crippen LogP) is 6.73. The molecule has 0 aliphatic carbocycles. The third-order valence-corrected chi connectivity index (χ3v) is 6.46. The summed E-state index contributed by atoms with van der Waals surface area (Å²) >= 11 is 5.50. The van der Waals surface area contributed by atoms with Crippen molar-refractivity contribution in [2.45, 2.75) is 39.9 Å². The van der Waals surface area contributed by atoms with Gasteiger partial charge < -0.3 is 10.1 Å². The van der Waals surface area contributed by atoms with Crippen molar-refractivity contribution in [3.63, 3.8) is 0 Å². The fraction of sp³-hybridized carbons (Fsp3) is 0.286. The van der Waals surface area contributed by atoms with Crippen molar-refractivity contribution >= 4 is 28.7 Å². The second-order valence-corrected chi connectivity index (χ2v) is 9.25. The number of hydrazone groups is 1. The summed E-state index contributed by atoms with van der Waals surface area (Å²) in [5, 5.41) is 8.47. The lowest BCUT2D eigenvalue weighted by Crippen LogP contribution is -2.40. The molecule has 0 bridgehead atoms. The number of anilines is 1. The summed E-state index contributed by atoms with van der Waals surface area (Å²) < 4.78 is 6.74. The van der Waals surface area contributed by atoms with Gasteiger partial charge in [-0.05, 0) is 49.3 Å². The van der Waals surface area contributed by atoms with Crippen LogP contribution < -0.4 is 10.7 Å². The molecule has 1 heterocycles. The maximum atomic E-state index is 6.74. The third-order valence-electron chi connectivity index (χ3n) is 6.26. The van der Waals surface area contributed by atoms with Crippen molar-refractivity contribution < 1.29 is 4.74 Å². The number of aryl methyl sites for hydroxylation is 2. The van der Waals surface area contributed by atoms with Gasteiger partial charge in [0.1, 0.15) is 0 Å². The molecule has 0 spiro atoms. The number of nitrogens with one attached hydrogen (secondary N) is 2. The lowest BCUT2D eigenvalue weighted by molar-refractivity contribution is -0.0638. The fourth-order valence-electron chi connectivity index (χ4n) is 4.36. The van der Waals surface area contributed by atoms with Crippen LogP contribution in [0.3, 0.4) is 0 Å². The minimum Gasteiger partial charge on any atom is -0.364 e. The molecule has 4 atom stereocenters. The van der Waals surface area contributed by atoms with Crippen LogP contribution in [-0.2, 0) is 4.74 Å². The van der Waals surface area contributed by atoms with Crippen LogP contribution in [0.4, 0.5) is 5.69 Å². The SMILES string of the molecule is Cc1ccc([C@H]2O[C@@H](c3ccc(C)cc3)[C@H](C)C(=NNC(=S)Nc3ccccc3)[C@H]2C)cc1. The largest absolute Gasteiger partial charge is 0.364 e. The number of para-hydroxylation sites is 1. The number of hydrogen-bond donors (Lipinski definition) is 2. The van der Waals surface area contributed by atoms with Gasteiger partial charge >= 0.3 is 0 Å². The molecule has 5 heteroatoms. The topological polar surface area (TPSA) is 45.6 Å². The minimum absolute atomic E-state index is 0.0932. The second kappa shape index (κ2) is 10.3. The highest BCUT2D eigenvalue weighted by Crippen LogP contribution is 2.44. The molecule has 4 nitrogen and oxygen atoms in total. The average Bonchev–Trinajstić information content (AvgIpc) is 2.81. The first-order valence-electron chi connectivity index (χ1n) is 11.4. The fourth-order valence-corrected chi connectivity index (χ4v) is 4.53. The number of nitrogens with zero attached hydrogens (tertiary/aromatic N) is 1. The van der Waals surface area contributed by atoms with E-state index < -0.39 is 0 Å². The van der Waals surface area contributed by atoms with Gasteiger partial charge in [-0.15, -0.1) is 0 Å². The van der Waals surface area contributed by atoms with Crippen LogP contribution in [0.25, 0.3) is 0 Å². The van der Waals surface area contributed by atoms with E-state index in [0.29, 0.717) is 5.11 Å². The zero-order valence-electron chi connectivity index (χ0n) is 19.6. The van der Waals surface area contributed by atoms with E-state index in [-0.39, 0.29) is 24.0 Å². The van der Waals surface area contributed by atoms with Crippen molar-refractivity contribution in [2.75, 3.05) is 5.32 Å². The zero-order chi connectivity index (χ0) is 23.4. The van der Waals surface area contributed by atoms with E-state index in [1.165, 1.54) is 11.1 Å². The normalized spacial score (nSPS) is 23.8. The standard InChI is InChI=1S/C28H31N3OS/c1-18-10-14-22(15-11-18)26-20(3)25(30-31-28(33)29-24-8-6-5-7-9-24)21(4)27(32-26)23-16-12-19(2)13-17-23/h5-17,20-21,26-27H,1-4H3,(H2,29,31,33)/t20-,21-,26-,27+/m1/s1. The van der Waals surface area contributed by atoms with E-state index in [0.717, 1.165) is 22.5 Å². The summed E-state index contributed by atoms with van der Waals surface area (Å²) in [6.45, 7) is 8.56. The highest BCUT2D eigenvalue weighted by atomic mass is 32.1. The van der Waals surface area contributed by atoms with Gasteiger partial charge in [0.25, 0.3) is 0 Å². The van der Waals surface area contributed by atoms with E-state index in [2.05, 4.69) is 87.0 Å². The lowest BCUT2D eigenvalue weighted by Gasteiger charge is -2.40. The molecule has 3 aromatic carbocycles. The molecular formula is C28H31N3OS. The van der Waals surface area contributed by atoms with Crippen LogP contribution in [-0.4, -0.2) is 10.8 Å². The second-order valence-electron chi connectivity index (χ2n) is 8.84. The molecule has 1 fully saturated rings. The molecule has 0 aromatic heterocycles. The van der Waals surface area contributed by atoms with Crippen LogP contribution in [0.15, 0.2) is 84.0 Å². The van der Waals surface area contributed by atoms with Gasteiger partial charge in [-0.3, -0.25) is 5.43 Å². The Morgan fingerprint density at radius 1 is 0.758 bits per heavy atom. The average molecular weight is 458 g/mol. The van der Waals surface area contributed by atoms with Gasteiger partial charge in [-0.25, -0.2) is 0 Å². The number of hydrogen-bond acceptors (Lipinski definition) is 3. The summed E-state index contributed by atoms with van der Waals surface area (Å²) in [4.78, 5) is 0. The minimum atomic E-state index is -0.0932. The molecule has 0 amide bonds. The van der Waals surface area contributed by atoms with E-state index in [1.54, 1.807) is 0 Å². The Bertz CT molecular complexity index is 1050. The summed E-state index contributed by atoms with van der Waals surface area (Å²) in [5.41, 5.74) is 9.85. The Kier molecular flexibility index (Phi) is 7.21. The molecule has 4 rings (SSSR count). The highest BCUT2D eigenvalue weighted by molar-refractivity contribution is 7.80. The first kappa shape index (κ1) is 23.1. The maximum Gasteiger partial charge on any atom is 0.191 e. The van der Waals surface area contributed by atoms with Crippen molar-refractivity contribution in [3.05, 3.63) is 101 Å². The first-order valence-corrected chi connectivity index (χ1v) is 11.8. The van der Waals surface area contributed by atoms with Crippen molar-refractivity contribution in [1.29, 1.82) is 0 Å². The van der Waals surface area contributed by atoms with Gasteiger partial charge in [0, 0.05) is 23.2 Å². The van der Waals surface area contributed by atoms with Crippen molar-refractivity contribution in [2.24, 2.45) is 16.9 Å². The Morgan fingerprint density at radius 3 is 1.73 bits per heavy atom. The van der Waals surface area contributed by atoms with Crippen LogP contribution in [0.1, 0.15) is 48.3 Å². The Labute approximate surface area is 202 Å². The third kappa shape index (κ3) is 5.49. The number of benzene rings is 3. The van der Waals surface area contributed by atoms with E-state index >= 15 is 0 Å². The Morgan fingerprint density at radius 2 is 1.24 bits per heavy atom. The van der Waals surface area contributed by atoms with Gasteiger partial charge in [0.2, 0.25) is 0 Å². The van der Waals surface area contributed by atoms with Crippen LogP contribution >= 0.6 is 12.2 Å². The molecule has 1 aliphatic heterocycles. The molecule has 3 aromatic rings. The molecule has 0 saturated carbocycles. The van der Waals surface area contributed by atoms with Crippen molar-refractivity contribution in [3.8, 4) is 0 Å². The predicted molar refractivity (Wildman–Crippen MR) is 140 cm³/mol. The van der Waals surface area contributed by atoms with Gasteiger partial charge in [-0.1, -0.05) is 91.7 Å². The molecule has 0 unspecified atom stereocenters. The molecule has 2 N–H and O–H groups in total. The molecular weight excluding hydrogens is 426 g/mol. The Balaban J connectivity index is 1.62. The van der Waals surface area contributed by atoms with Gasteiger partial charge in [0.05, 0.1) is 12.2 Å². The molecule has 33 heavy (non-hydrogen) atoms. The highest BCUT2D eigenvalue weighted by Gasteiger charge is 2.40. The maximum absolute atomic E-state index is 6.74. The zero-order valence-corrected chi connectivity index (χ0v) is 20.4. The Hall–Kier alpha value is -3.02. The number of thiocarbonyl (C=S) groups is 1. The van der Waals surface area contributed by atoms with Crippen LogP contribution in [0, 0.1) is 25.7 Å². The molecule has 0 radical (unpaired) electrons. The lowest BCUT2D eigenvalue weighted by atomic mass is 9.79. The van der Waals surface area contributed by atoms with E-state index in [1.807, 2.05) is 30.3 Å². The van der Waals surface area contributed by atoms with E-state index in [4.69, 9.17) is 22.1 Å². The summed E-state index contributed by atoms with van der Waals surface area (Å²) in [5.74, 6) is 0.188. The van der Waals surface area contributed by atoms with Gasteiger partial charge in [0.15, 0.2) is 5.11 Å². The number of ether oxygens (including phenoxy) is 1. The molecule has 1 saturated heterocycles. The van der Waals surface area contributed by atoms with Gasteiger partial charge in [-0.2, -0.15) is 5.10 Å².